The van der Waals surface area contributed by atoms with E-state index in [-0.39, 0.29) is 42.0 Å². The van der Waals surface area contributed by atoms with Crippen molar-refractivity contribution in [1.82, 2.24) is 9.80 Å². The van der Waals surface area contributed by atoms with Gasteiger partial charge in [-0.25, -0.2) is 0 Å². The third-order valence-electron chi connectivity index (χ3n) is 6.27. The average Bonchev–Trinajstić information content (AvgIpc) is 2.83. The maximum Gasteiger partial charge on any atom is 2.00 e. The molecule has 0 spiro atoms. The predicted octanol–water partition coefficient (Wildman–Crippen LogP) is -1.18. The zero-order chi connectivity index (χ0) is 24.5. The van der Waals surface area contributed by atoms with E-state index < -0.39 is 25.0 Å². The molecule has 0 atom stereocenters. The first-order valence-corrected chi connectivity index (χ1v) is 11.9. The summed E-state index contributed by atoms with van der Waals surface area (Å²) >= 11 is 0. The zero-order valence-electron chi connectivity index (χ0n) is 19.8. The molecule has 0 aromatic heterocycles. The summed E-state index contributed by atoms with van der Waals surface area (Å²) in [4.78, 5) is 55.0. The minimum absolute atomic E-state index is 0. The van der Waals surface area contributed by atoms with Crippen LogP contribution in [0.25, 0.3) is 0 Å². The fraction of sp³-hybridized carbons (Fsp3) is 0.583. The Bertz CT molecular complexity index is 816. The molecule has 1 radical (unpaired) electrons. The van der Waals surface area contributed by atoms with Gasteiger partial charge in [-0.05, 0) is 50.7 Å². The smallest absolute Gasteiger partial charge is 0.548 e. The molecular weight excluding hydrogens is 495 g/mol. The molecule has 0 bridgehead atoms. The number of hydrogen-bond donors (Lipinski definition) is 0. The van der Waals surface area contributed by atoms with Crippen molar-refractivity contribution < 1.29 is 46.5 Å². The molecule has 191 valence electrons. The second kappa shape index (κ2) is 13.9. The van der Waals surface area contributed by atoms with Gasteiger partial charge in [0, 0.05) is 26.2 Å². The van der Waals surface area contributed by atoms with E-state index in [2.05, 4.69) is 0 Å². The van der Waals surface area contributed by atoms with Gasteiger partial charge in [0.25, 0.3) is 0 Å². The second-order valence-electron chi connectivity index (χ2n) is 8.83. The van der Waals surface area contributed by atoms with Crippen LogP contribution >= 0.6 is 0 Å². The summed E-state index contributed by atoms with van der Waals surface area (Å²) in [6, 6.07) is 6.59. The summed E-state index contributed by atoms with van der Waals surface area (Å²) in [5.41, 5.74) is 0.703. The third kappa shape index (κ3) is 8.43. The molecule has 1 aromatic carbocycles. The standard InChI is InChI=1S/C24H34N4O6.Mn/c29-21(25-11-5-1-6-12-25)15-27(17-23(31)32)19-9-3-4-10-20(19)28(18-24(33)34)16-22(30)26-13-7-2-8-14-26;/h3-4,9-10H,1-2,5-8,11-18H2,(H,31,32)(H,33,34);/q;+2/p-2. The van der Waals surface area contributed by atoms with Crippen molar-refractivity contribution in [3.63, 3.8) is 0 Å². The minimum Gasteiger partial charge on any atom is -0.548 e. The average molecular weight is 527 g/mol. The molecule has 0 unspecified atom stereocenters. The molecule has 2 aliphatic rings. The maximum absolute atomic E-state index is 12.9. The van der Waals surface area contributed by atoms with Crippen molar-refractivity contribution in [2.75, 3.05) is 62.2 Å². The Morgan fingerprint density at radius 3 is 1.29 bits per heavy atom. The number of rotatable bonds is 10. The summed E-state index contributed by atoms with van der Waals surface area (Å²) in [7, 11) is 0. The summed E-state index contributed by atoms with van der Waals surface area (Å²) in [6.07, 6.45) is 5.72. The van der Waals surface area contributed by atoms with Crippen molar-refractivity contribution in [2.45, 2.75) is 38.5 Å². The van der Waals surface area contributed by atoms with Gasteiger partial charge in [0.1, 0.15) is 0 Å². The van der Waals surface area contributed by atoms with Gasteiger partial charge >= 0.3 is 17.1 Å². The summed E-state index contributed by atoms with van der Waals surface area (Å²) in [5.74, 6) is -3.13. The van der Waals surface area contributed by atoms with Crippen LogP contribution in [-0.4, -0.2) is 85.9 Å². The first kappa shape index (κ1) is 28.5. The normalized spacial score (nSPS) is 15.7. The number of carbonyl (C=O) groups excluding carboxylic acids is 4. The zero-order valence-corrected chi connectivity index (χ0v) is 21.0. The first-order valence-electron chi connectivity index (χ1n) is 11.9. The Morgan fingerprint density at radius 1 is 0.629 bits per heavy atom. The van der Waals surface area contributed by atoms with Crippen molar-refractivity contribution in [1.29, 1.82) is 0 Å². The monoisotopic (exact) mass is 527 g/mol. The van der Waals surface area contributed by atoms with Gasteiger partial charge in [0.2, 0.25) is 11.8 Å². The number of piperidine rings is 2. The molecule has 10 nitrogen and oxygen atoms in total. The van der Waals surface area contributed by atoms with Gasteiger partial charge in [-0.2, -0.15) is 0 Å². The number of likely N-dealkylation sites (tertiary alicyclic amines) is 2. The van der Waals surface area contributed by atoms with Crippen LogP contribution in [0.2, 0.25) is 0 Å². The van der Waals surface area contributed by atoms with Gasteiger partial charge in [-0.15, -0.1) is 0 Å². The SMILES string of the molecule is O=C([O-])CN(CC(=O)N1CCCCC1)c1ccccc1N(CC(=O)[O-])CC(=O)N1CCCCC1.[Mn+2]. The number of aliphatic carboxylic acids is 2. The fourth-order valence-electron chi connectivity index (χ4n) is 4.58. The molecule has 2 amide bonds. The van der Waals surface area contributed by atoms with Crippen LogP contribution in [0.3, 0.4) is 0 Å². The van der Waals surface area contributed by atoms with Crippen LogP contribution in [0.1, 0.15) is 38.5 Å². The molecule has 35 heavy (non-hydrogen) atoms. The predicted molar refractivity (Wildman–Crippen MR) is 122 cm³/mol. The molecule has 0 N–H and O–H groups in total. The van der Waals surface area contributed by atoms with Gasteiger partial charge in [0.05, 0.1) is 49.5 Å². The van der Waals surface area contributed by atoms with Gasteiger partial charge in [-0.1, -0.05) is 12.1 Å². The number of amides is 2. The molecule has 3 rings (SSSR count). The van der Waals surface area contributed by atoms with Gasteiger partial charge in [0.15, 0.2) is 0 Å². The molecular formula is C24H32MnN4O6. The molecule has 11 heteroatoms. The summed E-state index contributed by atoms with van der Waals surface area (Å²) in [6.45, 7) is 1.03. The number of hydrogen-bond acceptors (Lipinski definition) is 8. The Kier molecular flexibility index (Phi) is 11.3. The van der Waals surface area contributed by atoms with Gasteiger partial charge in [-0.3, -0.25) is 9.59 Å². The van der Waals surface area contributed by atoms with Crippen LogP contribution in [0.15, 0.2) is 24.3 Å². The number of carbonyl (C=O) groups is 4. The van der Waals surface area contributed by atoms with E-state index in [9.17, 15) is 29.4 Å². The van der Waals surface area contributed by atoms with E-state index >= 15 is 0 Å². The number of anilines is 2. The molecule has 0 saturated carbocycles. The molecule has 2 saturated heterocycles. The third-order valence-corrected chi connectivity index (χ3v) is 6.27. The first-order chi connectivity index (χ1) is 16.3. The number of carboxylic acid groups (broad SMARTS) is 2. The number of nitrogens with zero attached hydrogens (tertiary/aromatic N) is 4. The molecule has 2 heterocycles. The maximum atomic E-state index is 12.9. The van der Waals surface area contributed by atoms with E-state index in [1.165, 1.54) is 9.80 Å². The Balaban J connectivity index is 0.00000432. The Hall–Kier alpha value is -2.78. The largest absolute Gasteiger partial charge is 2.00 e. The summed E-state index contributed by atoms with van der Waals surface area (Å²) < 4.78 is 0. The molecule has 1 aromatic rings. The summed E-state index contributed by atoms with van der Waals surface area (Å²) in [5, 5.41) is 23.1. The molecule has 2 aliphatic heterocycles. The van der Waals surface area contributed by atoms with Crippen molar-refractivity contribution in [3.05, 3.63) is 24.3 Å². The van der Waals surface area contributed by atoms with E-state index in [0.29, 0.717) is 37.6 Å². The van der Waals surface area contributed by atoms with Crippen LogP contribution in [-0.2, 0) is 36.2 Å². The fourth-order valence-corrected chi connectivity index (χ4v) is 4.58. The van der Waals surface area contributed by atoms with Gasteiger partial charge < -0.3 is 39.4 Å². The molecule has 2 fully saturated rings. The number of carboxylic acids is 2. The van der Waals surface area contributed by atoms with Crippen LogP contribution in [0.5, 0.6) is 0 Å². The van der Waals surface area contributed by atoms with Crippen molar-refractivity contribution >= 4 is 35.1 Å². The van der Waals surface area contributed by atoms with Crippen molar-refractivity contribution in [3.8, 4) is 0 Å². The second-order valence-corrected chi connectivity index (χ2v) is 8.83. The molecule has 0 aliphatic carbocycles. The Morgan fingerprint density at radius 2 is 0.971 bits per heavy atom. The topological polar surface area (TPSA) is 127 Å². The number of benzene rings is 1. The van der Waals surface area contributed by atoms with E-state index in [1.54, 1.807) is 34.1 Å². The van der Waals surface area contributed by atoms with Crippen LogP contribution in [0, 0.1) is 0 Å². The van der Waals surface area contributed by atoms with Crippen molar-refractivity contribution in [2.24, 2.45) is 0 Å². The van der Waals surface area contributed by atoms with E-state index in [4.69, 9.17) is 0 Å². The van der Waals surface area contributed by atoms with Crippen LogP contribution in [0.4, 0.5) is 11.4 Å². The van der Waals surface area contributed by atoms with E-state index in [0.717, 1.165) is 38.5 Å². The Labute approximate surface area is 216 Å². The number of para-hydroxylation sites is 2. The van der Waals surface area contributed by atoms with E-state index in [1.807, 2.05) is 0 Å². The van der Waals surface area contributed by atoms with Crippen LogP contribution < -0.4 is 20.0 Å². The minimum atomic E-state index is -1.36. The quantitative estimate of drug-likeness (QED) is 0.348.